The number of amides is 2. The van der Waals surface area contributed by atoms with E-state index in [2.05, 4.69) is 4.98 Å². The highest BCUT2D eigenvalue weighted by atomic mass is 32.1. The zero-order chi connectivity index (χ0) is 17.6. The van der Waals surface area contributed by atoms with Crippen LogP contribution in [0.1, 0.15) is 20.7 Å². The topological polar surface area (TPSA) is 59.5 Å². The molecule has 5 nitrogen and oxygen atoms in total. The number of imide groups is 1. The van der Waals surface area contributed by atoms with Gasteiger partial charge < -0.3 is 4.74 Å². The fraction of sp³-hybridized carbons (Fsp3) is 0.0556. The van der Waals surface area contributed by atoms with Crippen LogP contribution in [0.2, 0.25) is 0 Å². The first-order chi connectivity index (χ1) is 12.1. The summed E-state index contributed by atoms with van der Waals surface area (Å²) < 4.78 is 18.5. The number of thiazole rings is 1. The predicted octanol–water partition coefficient (Wildman–Crippen LogP) is 3.76. The molecule has 0 radical (unpaired) electrons. The monoisotopic (exact) mass is 354 g/mol. The third-order valence-corrected chi connectivity index (χ3v) is 4.74. The molecule has 0 saturated heterocycles. The zero-order valence-electron chi connectivity index (χ0n) is 13.0. The summed E-state index contributed by atoms with van der Waals surface area (Å²) in [4.78, 5) is 30.3. The summed E-state index contributed by atoms with van der Waals surface area (Å²) in [6, 6.07) is 10.9. The number of anilines is 1. The zero-order valence-corrected chi connectivity index (χ0v) is 13.8. The van der Waals surface area contributed by atoms with E-state index in [0.29, 0.717) is 5.69 Å². The molecule has 0 N–H and O–H groups in total. The number of hydrogen-bond acceptors (Lipinski definition) is 5. The molecule has 0 atom stereocenters. The van der Waals surface area contributed by atoms with Crippen molar-refractivity contribution in [2.75, 3.05) is 12.0 Å². The van der Waals surface area contributed by atoms with Gasteiger partial charge in [-0.25, -0.2) is 14.3 Å². The van der Waals surface area contributed by atoms with Gasteiger partial charge in [-0.05, 0) is 42.5 Å². The Kier molecular flexibility index (Phi) is 3.58. The van der Waals surface area contributed by atoms with E-state index in [9.17, 15) is 14.0 Å². The molecule has 2 heterocycles. The van der Waals surface area contributed by atoms with Crippen molar-refractivity contribution in [3.05, 3.63) is 64.8 Å². The molecule has 124 valence electrons. The van der Waals surface area contributed by atoms with Gasteiger partial charge in [0, 0.05) is 10.9 Å². The van der Waals surface area contributed by atoms with Crippen molar-refractivity contribution >= 4 is 28.3 Å². The maximum absolute atomic E-state index is 13.4. The second-order valence-corrected chi connectivity index (χ2v) is 6.22. The summed E-state index contributed by atoms with van der Waals surface area (Å²) in [6.07, 6.45) is 0. The molecule has 2 aromatic carbocycles. The number of hydrogen-bond donors (Lipinski definition) is 0. The van der Waals surface area contributed by atoms with Crippen molar-refractivity contribution in [1.82, 2.24) is 4.98 Å². The highest BCUT2D eigenvalue weighted by molar-refractivity contribution is 7.14. The predicted molar refractivity (Wildman–Crippen MR) is 91.6 cm³/mol. The Morgan fingerprint density at radius 1 is 1.04 bits per heavy atom. The summed E-state index contributed by atoms with van der Waals surface area (Å²) in [6.45, 7) is 0. The van der Waals surface area contributed by atoms with Crippen molar-refractivity contribution in [2.24, 2.45) is 0 Å². The number of aromatic nitrogens is 1. The van der Waals surface area contributed by atoms with Gasteiger partial charge in [0.05, 0.1) is 23.9 Å². The van der Waals surface area contributed by atoms with E-state index in [1.165, 1.54) is 17.4 Å². The quantitative estimate of drug-likeness (QED) is 0.672. The van der Waals surface area contributed by atoms with Crippen LogP contribution in [-0.4, -0.2) is 23.9 Å². The largest absolute Gasteiger partial charge is 0.497 e. The number of carbonyl (C=O) groups excluding carboxylic acids is 2. The molecule has 3 aromatic rings. The number of rotatable bonds is 3. The van der Waals surface area contributed by atoms with Crippen LogP contribution < -0.4 is 9.64 Å². The first-order valence-corrected chi connectivity index (χ1v) is 8.25. The standard InChI is InChI=1S/C18H11FN2O3S/c1-24-12-5-2-10(3-6-12)15-9-25-18(20-15)21-16(22)13-7-4-11(19)8-14(13)17(21)23/h2-9H,1H3. The summed E-state index contributed by atoms with van der Waals surface area (Å²) in [5.74, 6) is -0.882. The number of fused-ring (bicyclic) bond motifs is 1. The van der Waals surface area contributed by atoms with Crippen molar-refractivity contribution in [1.29, 1.82) is 0 Å². The Morgan fingerprint density at radius 3 is 2.48 bits per heavy atom. The van der Waals surface area contributed by atoms with Crippen molar-refractivity contribution in [3.8, 4) is 17.0 Å². The Balaban J connectivity index is 1.68. The first kappa shape index (κ1) is 15.5. The Hall–Kier alpha value is -3.06. The average Bonchev–Trinajstić information content (AvgIpc) is 3.19. The lowest BCUT2D eigenvalue weighted by Crippen LogP contribution is -2.29. The Labute approximate surface area is 146 Å². The van der Waals surface area contributed by atoms with Gasteiger partial charge in [-0.1, -0.05) is 0 Å². The lowest BCUT2D eigenvalue weighted by molar-refractivity contribution is 0.0926. The lowest BCUT2D eigenvalue weighted by Gasteiger charge is -2.08. The number of nitrogens with zero attached hydrogens (tertiary/aromatic N) is 2. The smallest absolute Gasteiger partial charge is 0.268 e. The summed E-state index contributed by atoms with van der Waals surface area (Å²) in [7, 11) is 1.58. The number of halogens is 1. The van der Waals surface area contributed by atoms with Gasteiger partial charge in [-0.3, -0.25) is 9.59 Å². The first-order valence-electron chi connectivity index (χ1n) is 7.37. The maximum Gasteiger partial charge on any atom is 0.268 e. The van der Waals surface area contributed by atoms with E-state index in [1.54, 1.807) is 24.6 Å². The highest BCUT2D eigenvalue weighted by Crippen LogP contribution is 2.33. The number of carbonyl (C=O) groups is 2. The van der Waals surface area contributed by atoms with Gasteiger partial charge in [-0.2, -0.15) is 0 Å². The molecule has 1 aromatic heterocycles. The van der Waals surface area contributed by atoms with Crippen LogP contribution >= 0.6 is 11.3 Å². The van der Waals surface area contributed by atoms with Crippen LogP contribution in [-0.2, 0) is 0 Å². The Morgan fingerprint density at radius 2 is 1.76 bits per heavy atom. The molecule has 0 spiro atoms. The molecular formula is C18H11FN2O3S. The van der Waals surface area contributed by atoms with Gasteiger partial charge >= 0.3 is 0 Å². The van der Waals surface area contributed by atoms with E-state index in [-0.39, 0.29) is 16.3 Å². The summed E-state index contributed by atoms with van der Waals surface area (Å²) in [5, 5.41) is 2.03. The molecule has 1 aliphatic rings. The van der Waals surface area contributed by atoms with Crippen molar-refractivity contribution in [3.63, 3.8) is 0 Å². The van der Waals surface area contributed by atoms with Crippen molar-refractivity contribution in [2.45, 2.75) is 0 Å². The molecule has 1 aliphatic heterocycles. The molecule has 0 fully saturated rings. The number of methoxy groups -OCH3 is 1. The highest BCUT2D eigenvalue weighted by Gasteiger charge is 2.38. The van der Waals surface area contributed by atoms with E-state index in [1.807, 2.05) is 12.1 Å². The van der Waals surface area contributed by atoms with E-state index in [0.717, 1.165) is 28.3 Å². The van der Waals surface area contributed by atoms with E-state index >= 15 is 0 Å². The lowest BCUT2D eigenvalue weighted by atomic mass is 10.1. The minimum Gasteiger partial charge on any atom is -0.497 e. The van der Waals surface area contributed by atoms with E-state index in [4.69, 9.17) is 4.74 Å². The van der Waals surface area contributed by atoms with Gasteiger partial charge in [0.1, 0.15) is 11.6 Å². The van der Waals surface area contributed by atoms with Crippen LogP contribution in [0, 0.1) is 5.82 Å². The fourth-order valence-corrected chi connectivity index (χ4v) is 3.48. The maximum atomic E-state index is 13.4. The molecule has 2 amide bonds. The minimum atomic E-state index is -0.560. The van der Waals surface area contributed by atoms with Crippen LogP contribution in [0.15, 0.2) is 47.8 Å². The molecular weight excluding hydrogens is 343 g/mol. The summed E-state index contributed by atoms with van der Waals surface area (Å²) in [5.41, 5.74) is 1.73. The SMILES string of the molecule is COc1ccc(-c2csc(N3C(=O)c4ccc(F)cc4C3=O)n2)cc1. The molecule has 0 saturated carbocycles. The molecule has 7 heteroatoms. The molecule has 4 rings (SSSR count). The van der Waals surface area contributed by atoms with Crippen LogP contribution in [0.3, 0.4) is 0 Å². The minimum absolute atomic E-state index is 0.0613. The van der Waals surface area contributed by atoms with Crippen LogP contribution in [0.4, 0.5) is 9.52 Å². The second-order valence-electron chi connectivity index (χ2n) is 5.38. The molecule has 0 unspecified atom stereocenters. The third kappa shape index (κ3) is 2.49. The van der Waals surface area contributed by atoms with Gasteiger partial charge in [0.2, 0.25) is 0 Å². The molecule has 0 aliphatic carbocycles. The molecule has 25 heavy (non-hydrogen) atoms. The van der Waals surface area contributed by atoms with Gasteiger partial charge in [-0.15, -0.1) is 11.3 Å². The molecule has 0 bridgehead atoms. The van der Waals surface area contributed by atoms with Gasteiger partial charge in [0.15, 0.2) is 5.13 Å². The van der Waals surface area contributed by atoms with Crippen molar-refractivity contribution < 1.29 is 18.7 Å². The summed E-state index contributed by atoms with van der Waals surface area (Å²) >= 11 is 1.18. The average molecular weight is 354 g/mol. The van der Waals surface area contributed by atoms with Crippen LogP contribution in [0.5, 0.6) is 5.75 Å². The number of ether oxygens (including phenoxy) is 1. The Bertz CT molecular complexity index is 998. The number of benzene rings is 2. The second kappa shape index (κ2) is 5.78. The van der Waals surface area contributed by atoms with Crippen LogP contribution in [0.25, 0.3) is 11.3 Å². The van der Waals surface area contributed by atoms with Gasteiger partial charge in [0.25, 0.3) is 11.8 Å². The van der Waals surface area contributed by atoms with E-state index < -0.39 is 17.6 Å². The fourth-order valence-electron chi connectivity index (χ4n) is 2.65. The third-order valence-electron chi connectivity index (χ3n) is 3.92. The normalized spacial score (nSPS) is 13.3.